The van der Waals surface area contributed by atoms with Crippen molar-refractivity contribution >= 4 is 11.9 Å². The Morgan fingerprint density at radius 1 is 0.793 bits per heavy atom. The summed E-state index contributed by atoms with van der Waals surface area (Å²) in [6.45, 7) is 3.78. The fourth-order valence-electron chi connectivity index (χ4n) is 2.75. The van der Waals surface area contributed by atoms with Crippen LogP contribution in [-0.4, -0.2) is 38.4 Å². The number of carbonyl (C=O) groups excluding carboxylic acids is 2. The van der Waals surface area contributed by atoms with Gasteiger partial charge in [0.25, 0.3) is 0 Å². The van der Waals surface area contributed by atoms with E-state index < -0.39 is 6.10 Å². The molecular formula is C24H42O5. The van der Waals surface area contributed by atoms with Gasteiger partial charge in [-0.15, -0.1) is 0 Å². The minimum atomic E-state index is -0.409. The molecule has 1 unspecified atom stereocenters. The molecule has 0 aliphatic carbocycles. The Hall–Kier alpha value is -1.62. The van der Waals surface area contributed by atoms with Crippen LogP contribution in [0, 0.1) is 0 Å². The van der Waals surface area contributed by atoms with E-state index in [9.17, 15) is 9.59 Å². The van der Waals surface area contributed by atoms with Crippen LogP contribution < -0.4 is 0 Å². The van der Waals surface area contributed by atoms with E-state index >= 15 is 0 Å². The van der Waals surface area contributed by atoms with E-state index in [-0.39, 0.29) is 25.2 Å². The Bertz CT molecular complexity index is 456. The normalized spacial score (nSPS) is 12.5. The maximum atomic E-state index is 11.7. The zero-order valence-corrected chi connectivity index (χ0v) is 18.8. The number of esters is 2. The zero-order chi connectivity index (χ0) is 21.6. The maximum Gasteiger partial charge on any atom is 0.305 e. The van der Waals surface area contributed by atoms with Crippen molar-refractivity contribution in [3.63, 3.8) is 0 Å². The summed E-state index contributed by atoms with van der Waals surface area (Å²) in [4.78, 5) is 22.5. The molecule has 0 spiro atoms. The molecule has 0 saturated carbocycles. The lowest BCUT2D eigenvalue weighted by molar-refractivity contribution is -0.152. The van der Waals surface area contributed by atoms with Crippen molar-refractivity contribution in [2.45, 2.75) is 97.0 Å². The van der Waals surface area contributed by atoms with Crippen molar-refractivity contribution in [2.75, 3.05) is 20.3 Å². The first-order chi connectivity index (χ1) is 14.1. The minimum absolute atomic E-state index is 0.101. The van der Waals surface area contributed by atoms with Crippen LogP contribution >= 0.6 is 0 Å². The maximum absolute atomic E-state index is 11.7. The van der Waals surface area contributed by atoms with Crippen molar-refractivity contribution in [1.82, 2.24) is 0 Å². The summed E-state index contributed by atoms with van der Waals surface area (Å²) in [5, 5.41) is 0. The van der Waals surface area contributed by atoms with Crippen LogP contribution in [0.25, 0.3) is 0 Å². The van der Waals surface area contributed by atoms with E-state index in [0.29, 0.717) is 6.42 Å². The molecule has 0 aromatic heterocycles. The second-order valence-electron chi connectivity index (χ2n) is 7.36. The van der Waals surface area contributed by atoms with Crippen LogP contribution in [0.3, 0.4) is 0 Å². The van der Waals surface area contributed by atoms with Crippen molar-refractivity contribution in [3.05, 3.63) is 24.3 Å². The first-order valence-corrected chi connectivity index (χ1v) is 11.2. The molecule has 5 heteroatoms. The third kappa shape index (κ3) is 20.9. The molecule has 0 amide bonds. The van der Waals surface area contributed by atoms with Crippen molar-refractivity contribution in [1.29, 1.82) is 0 Å². The molecule has 0 heterocycles. The highest BCUT2D eigenvalue weighted by Crippen LogP contribution is 2.10. The van der Waals surface area contributed by atoms with Crippen molar-refractivity contribution in [3.8, 4) is 0 Å². The lowest BCUT2D eigenvalue weighted by Crippen LogP contribution is -2.26. The van der Waals surface area contributed by atoms with Gasteiger partial charge in [-0.05, 0) is 32.1 Å². The fraction of sp³-hybridized carbons (Fsp3) is 0.750. The molecular weight excluding hydrogens is 368 g/mol. The van der Waals surface area contributed by atoms with Gasteiger partial charge in [0.15, 0.2) is 0 Å². The van der Waals surface area contributed by atoms with Gasteiger partial charge in [-0.1, -0.05) is 69.8 Å². The van der Waals surface area contributed by atoms with Crippen molar-refractivity contribution < 1.29 is 23.8 Å². The number of carbonyl (C=O) groups is 2. The Kier molecular flexibility index (Phi) is 19.9. The summed E-state index contributed by atoms with van der Waals surface area (Å²) in [5.74, 6) is -0.591. The van der Waals surface area contributed by atoms with Crippen LogP contribution in [0.15, 0.2) is 24.3 Å². The molecule has 0 aromatic carbocycles. The predicted molar refractivity (Wildman–Crippen MR) is 118 cm³/mol. The summed E-state index contributed by atoms with van der Waals surface area (Å²) >= 11 is 0. The van der Waals surface area contributed by atoms with Crippen LogP contribution in [0.1, 0.15) is 90.9 Å². The first-order valence-electron chi connectivity index (χ1n) is 11.2. The smallest absolute Gasteiger partial charge is 0.305 e. The molecule has 0 bridgehead atoms. The van der Waals surface area contributed by atoms with Gasteiger partial charge in [0, 0.05) is 20.5 Å². The summed E-state index contributed by atoms with van der Waals surface area (Å²) in [6.07, 6.45) is 21.8. The van der Waals surface area contributed by atoms with E-state index in [1.54, 1.807) is 0 Å². The van der Waals surface area contributed by atoms with Crippen molar-refractivity contribution in [2.24, 2.45) is 0 Å². The third-order valence-corrected chi connectivity index (χ3v) is 4.60. The van der Waals surface area contributed by atoms with Crippen LogP contribution in [-0.2, 0) is 23.8 Å². The SMILES string of the molecule is CCCCC/C=C\C=C\CCCCCCCCC(=O)OCC(COC(C)=O)OC. The number of ether oxygens (including phenoxy) is 3. The number of unbranched alkanes of at least 4 members (excludes halogenated alkanes) is 9. The molecule has 0 rings (SSSR count). The number of allylic oxidation sites excluding steroid dienone is 4. The van der Waals surface area contributed by atoms with Gasteiger partial charge < -0.3 is 14.2 Å². The first kappa shape index (κ1) is 27.4. The molecule has 0 aliphatic rings. The van der Waals surface area contributed by atoms with Gasteiger partial charge in [-0.3, -0.25) is 9.59 Å². The lowest BCUT2D eigenvalue weighted by atomic mass is 10.1. The molecule has 0 fully saturated rings. The topological polar surface area (TPSA) is 61.8 Å². The van der Waals surface area contributed by atoms with E-state index in [0.717, 1.165) is 25.7 Å². The molecule has 168 valence electrons. The number of rotatable bonds is 19. The molecule has 0 aromatic rings. The average molecular weight is 411 g/mol. The second-order valence-corrected chi connectivity index (χ2v) is 7.36. The average Bonchev–Trinajstić information content (AvgIpc) is 2.70. The molecule has 0 saturated heterocycles. The van der Waals surface area contributed by atoms with E-state index in [1.807, 2.05) is 0 Å². The highest BCUT2D eigenvalue weighted by Gasteiger charge is 2.12. The number of hydrogen-bond donors (Lipinski definition) is 0. The summed E-state index contributed by atoms with van der Waals surface area (Å²) < 4.78 is 15.2. The summed E-state index contributed by atoms with van der Waals surface area (Å²) in [5.41, 5.74) is 0. The summed E-state index contributed by atoms with van der Waals surface area (Å²) in [7, 11) is 1.50. The monoisotopic (exact) mass is 410 g/mol. The van der Waals surface area contributed by atoms with E-state index in [1.165, 1.54) is 59.0 Å². The molecule has 1 atom stereocenters. The van der Waals surface area contributed by atoms with E-state index in [2.05, 4.69) is 31.2 Å². The lowest BCUT2D eigenvalue weighted by Gasteiger charge is -2.15. The van der Waals surface area contributed by atoms with E-state index in [4.69, 9.17) is 14.2 Å². The minimum Gasteiger partial charge on any atom is -0.463 e. The summed E-state index contributed by atoms with van der Waals surface area (Å²) in [6, 6.07) is 0. The Morgan fingerprint density at radius 2 is 1.34 bits per heavy atom. The predicted octanol–water partition coefficient (Wildman–Crippen LogP) is 5.92. The fourth-order valence-corrected chi connectivity index (χ4v) is 2.75. The van der Waals surface area contributed by atoms with Crippen LogP contribution in [0.2, 0.25) is 0 Å². The third-order valence-electron chi connectivity index (χ3n) is 4.60. The molecule has 5 nitrogen and oxygen atoms in total. The molecule has 0 aliphatic heterocycles. The molecule has 0 N–H and O–H groups in total. The van der Waals surface area contributed by atoms with Gasteiger partial charge in [0.2, 0.25) is 0 Å². The molecule has 0 radical (unpaired) electrons. The van der Waals surface area contributed by atoms with Gasteiger partial charge in [0.1, 0.15) is 19.3 Å². The Morgan fingerprint density at radius 3 is 1.93 bits per heavy atom. The van der Waals surface area contributed by atoms with Gasteiger partial charge >= 0.3 is 11.9 Å². The molecule has 29 heavy (non-hydrogen) atoms. The number of methoxy groups -OCH3 is 1. The highest BCUT2D eigenvalue weighted by molar-refractivity contribution is 5.69. The van der Waals surface area contributed by atoms with Gasteiger partial charge in [-0.25, -0.2) is 0 Å². The quantitative estimate of drug-likeness (QED) is 0.150. The number of hydrogen-bond acceptors (Lipinski definition) is 5. The Labute approximate surface area is 177 Å². The highest BCUT2D eigenvalue weighted by atomic mass is 16.6. The zero-order valence-electron chi connectivity index (χ0n) is 18.8. The van der Waals surface area contributed by atoms with Gasteiger partial charge in [0.05, 0.1) is 0 Å². The van der Waals surface area contributed by atoms with Gasteiger partial charge in [-0.2, -0.15) is 0 Å². The largest absolute Gasteiger partial charge is 0.463 e. The van der Waals surface area contributed by atoms with Crippen LogP contribution in [0.4, 0.5) is 0 Å². The van der Waals surface area contributed by atoms with Crippen LogP contribution in [0.5, 0.6) is 0 Å². The second kappa shape index (κ2) is 21.1. The standard InChI is InChI=1S/C24H42O5/c1-4-5-6-7-8-9-10-11-12-13-14-15-16-17-18-19-24(26)29-21-23(27-3)20-28-22(2)25/h8-11,23H,4-7,12-21H2,1-3H3/b9-8-,11-10+. The Balaban J connectivity index is 3.47.